The Morgan fingerprint density at radius 1 is 1.04 bits per heavy atom. The van der Waals surface area contributed by atoms with Gasteiger partial charge in [0.05, 0.1) is 31.4 Å². The summed E-state index contributed by atoms with van der Waals surface area (Å²) in [5.74, 6) is -0.748. The van der Waals surface area contributed by atoms with Crippen molar-refractivity contribution in [2.24, 2.45) is 0 Å². The van der Waals surface area contributed by atoms with Crippen LogP contribution in [-0.2, 0) is 16.1 Å². The highest BCUT2D eigenvalue weighted by atomic mass is 19.1. The molecule has 2 atom stereocenters. The number of ether oxygens (including phenoxy) is 2. The smallest absolute Gasteiger partial charge is 0.375 e. The van der Waals surface area contributed by atoms with Crippen molar-refractivity contribution in [1.82, 2.24) is 4.90 Å². The van der Waals surface area contributed by atoms with Crippen molar-refractivity contribution in [3.8, 4) is 0 Å². The number of likely N-dealkylation sites (tertiary alicyclic amines) is 1. The number of amides is 1. The monoisotopic (exact) mass is 357 g/mol. The lowest BCUT2D eigenvalue weighted by atomic mass is 10.2. The van der Waals surface area contributed by atoms with Crippen LogP contribution < -0.4 is 0 Å². The third-order valence-corrected chi connectivity index (χ3v) is 4.21. The number of nitrogens with zero attached hydrogens (tertiary/aromatic N) is 1. The number of rotatable bonds is 5. The van der Waals surface area contributed by atoms with Crippen LogP contribution in [0.25, 0.3) is 0 Å². The van der Waals surface area contributed by atoms with Crippen LogP contribution in [0.3, 0.4) is 0 Å². The average molecular weight is 357 g/mol. The summed E-state index contributed by atoms with van der Waals surface area (Å²) in [6.45, 7) is 0.463. The summed E-state index contributed by atoms with van der Waals surface area (Å²) in [6, 6.07) is 17.3. The van der Waals surface area contributed by atoms with Crippen molar-refractivity contribution in [2.45, 2.75) is 25.2 Å². The highest BCUT2D eigenvalue weighted by Gasteiger charge is 2.37. The molecule has 1 saturated heterocycles. The summed E-state index contributed by atoms with van der Waals surface area (Å²) < 4.78 is 24.3. The Hall–Kier alpha value is -2.73. The number of carbonyl (C=O) groups is 2. The molecule has 1 aliphatic heterocycles. The van der Waals surface area contributed by atoms with Gasteiger partial charge in [-0.15, -0.1) is 0 Å². The van der Waals surface area contributed by atoms with Crippen molar-refractivity contribution < 1.29 is 23.5 Å². The fourth-order valence-corrected chi connectivity index (χ4v) is 2.90. The second kappa shape index (κ2) is 8.58. The summed E-state index contributed by atoms with van der Waals surface area (Å²) >= 11 is 0. The first-order valence-corrected chi connectivity index (χ1v) is 8.47. The molecule has 0 saturated carbocycles. The van der Waals surface area contributed by atoms with Gasteiger partial charge in [-0.1, -0.05) is 48.5 Å². The van der Waals surface area contributed by atoms with Crippen molar-refractivity contribution in [2.75, 3.05) is 13.2 Å². The number of hydrogen-bond acceptors (Lipinski definition) is 4. The lowest BCUT2D eigenvalue weighted by Gasteiger charge is -2.23. The van der Waals surface area contributed by atoms with Gasteiger partial charge in [-0.05, 0) is 17.7 Å². The molecule has 1 heterocycles. The number of esters is 1. The van der Waals surface area contributed by atoms with E-state index < -0.39 is 24.3 Å². The first-order chi connectivity index (χ1) is 12.6. The molecule has 2 aromatic rings. The van der Waals surface area contributed by atoms with E-state index in [1.165, 1.54) is 4.90 Å². The van der Waals surface area contributed by atoms with Crippen LogP contribution in [0.1, 0.15) is 22.3 Å². The molecule has 1 fully saturated rings. The maximum absolute atomic E-state index is 13.8. The molecule has 5 nitrogen and oxygen atoms in total. The van der Waals surface area contributed by atoms with E-state index in [9.17, 15) is 14.0 Å². The molecule has 0 aliphatic carbocycles. The van der Waals surface area contributed by atoms with Crippen LogP contribution in [0.2, 0.25) is 0 Å². The fraction of sp³-hybridized carbons (Fsp3) is 0.300. The Morgan fingerprint density at radius 3 is 2.38 bits per heavy atom. The first kappa shape index (κ1) is 18.1. The Bertz CT molecular complexity index is 738. The Kier molecular flexibility index (Phi) is 5.96. The van der Waals surface area contributed by atoms with Crippen LogP contribution in [0.15, 0.2) is 60.7 Å². The number of alkyl halides is 1. The maximum Gasteiger partial charge on any atom is 0.418 e. The molecule has 2 unspecified atom stereocenters. The molecule has 0 aromatic heterocycles. The van der Waals surface area contributed by atoms with Gasteiger partial charge in [-0.2, -0.15) is 0 Å². The van der Waals surface area contributed by atoms with Crippen molar-refractivity contribution >= 4 is 12.1 Å². The van der Waals surface area contributed by atoms with Gasteiger partial charge >= 0.3 is 12.1 Å². The minimum atomic E-state index is -1.15. The number of benzene rings is 2. The Balaban J connectivity index is 1.54. The lowest BCUT2D eigenvalue weighted by molar-refractivity contribution is 0.0412. The summed E-state index contributed by atoms with van der Waals surface area (Å²) in [5, 5.41) is 0. The van der Waals surface area contributed by atoms with E-state index in [4.69, 9.17) is 9.47 Å². The minimum absolute atomic E-state index is 0.0970. The third-order valence-electron chi connectivity index (χ3n) is 4.21. The van der Waals surface area contributed by atoms with E-state index in [-0.39, 0.29) is 25.1 Å². The van der Waals surface area contributed by atoms with Crippen LogP contribution in [0.5, 0.6) is 0 Å². The Morgan fingerprint density at radius 2 is 1.69 bits per heavy atom. The second-order valence-corrected chi connectivity index (χ2v) is 6.16. The number of carbonyl (C=O) groups excluding carboxylic acids is 2. The van der Waals surface area contributed by atoms with Crippen LogP contribution in [0, 0.1) is 0 Å². The van der Waals surface area contributed by atoms with E-state index in [1.807, 2.05) is 30.3 Å². The molecule has 26 heavy (non-hydrogen) atoms. The third kappa shape index (κ3) is 4.67. The number of halogens is 1. The number of hydrogen-bond donors (Lipinski definition) is 0. The predicted octanol–water partition coefficient (Wildman–Crippen LogP) is 3.59. The van der Waals surface area contributed by atoms with Crippen LogP contribution >= 0.6 is 0 Å². The molecule has 1 amide bonds. The molecule has 0 radical (unpaired) electrons. The van der Waals surface area contributed by atoms with E-state index in [0.717, 1.165) is 5.56 Å². The summed E-state index contributed by atoms with van der Waals surface area (Å²) in [7, 11) is 0. The van der Waals surface area contributed by atoms with Gasteiger partial charge in [0.2, 0.25) is 0 Å². The molecule has 2 aromatic carbocycles. The normalized spacial score (nSPS) is 19.3. The minimum Gasteiger partial charge on any atom is -0.375 e. The topological polar surface area (TPSA) is 55.8 Å². The molecule has 3 rings (SSSR count). The molecule has 0 N–H and O–H groups in total. The lowest BCUT2D eigenvalue weighted by Crippen LogP contribution is -2.39. The van der Waals surface area contributed by atoms with Crippen molar-refractivity contribution in [1.29, 1.82) is 0 Å². The van der Waals surface area contributed by atoms with E-state index in [2.05, 4.69) is 0 Å². The van der Waals surface area contributed by atoms with Gasteiger partial charge in [-0.25, -0.2) is 14.0 Å². The van der Waals surface area contributed by atoms with E-state index >= 15 is 0 Å². The molecular formula is C20H20FNO4. The van der Waals surface area contributed by atoms with Gasteiger partial charge in [-0.3, -0.25) is 4.90 Å². The summed E-state index contributed by atoms with van der Waals surface area (Å²) in [4.78, 5) is 25.5. The van der Waals surface area contributed by atoms with E-state index in [1.54, 1.807) is 30.3 Å². The first-order valence-electron chi connectivity index (χ1n) is 8.47. The highest BCUT2D eigenvalue weighted by molar-refractivity contribution is 5.96. The zero-order valence-electron chi connectivity index (χ0n) is 14.2. The predicted molar refractivity (Wildman–Crippen MR) is 93.4 cm³/mol. The average Bonchev–Trinajstić information content (AvgIpc) is 3.04. The van der Waals surface area contributed by atoms with Gasteiger partial charge < -0.3 is 9.47 Å². The van der Waals surface area contributed by atoms with Crippen molar-refractivity contribution in [3.05, 3.63) is 71.8 Å². The molecule has 136 valence electrons. The van der Waals surface area contributed by atoms with Crippen LogP contribution in [-0.4, -0.2) is 42.3 Å². The maximum atomic E-state index is 13.8. The fourth-order valence-electron chi connectivity index (χ4n) is 2.90. The largest absolute Gasteiger partial charge is 0.418 e. The van der Waals surface area contributed by atoms with Gasteiger partial charge in [0.25, 0.3) is 0 Å². The summed E-state index contributed by atoms with van der Waals surface area (Å²) in [6.07, 6.45) is -1.82. The van der Waals surface area contributed by atoms with Gasteiger partial charge in [0.15, 0.2) is 0 Å². The molecular weight excluding hydrogens is 337 g/mol. The molecule has 1 aliphatic rings. The standard InChI is InChI=1S/C20H20FNO4/c21-17-11-18(14-25-13-15-7-3-1-4-8-15)22(12-17)20(24)26-19(23)16-9-5-2-6-10-16/h1-10,17-18H,11-14H2. The van der Waals surface area contributed by atoms with Crippen molar-refractivity contribution in [3.63, 3.8) is 0 Å². The quantitative estimate of drug-likeness (QED) is 0.606. The Labute approximate surface area is 151 Å². The SMILES string of the molecule is O=C(OC(=O)N1CC(F)CC1COCc1ccccc1)c1ccccc1. The molecule has 0 spiro atoms. The van der Waals surface area contributed by atoms with Gasteiger partial charge in [0.1, 0.15) is 6.17 Å². The highest BCUT2D eigenvalue weighted by Crippen LogP contribution is 2.22. The molecule has 6 heteroatoms. The van der Waals surface area contributed by atoms with Gasteiger partial charge in [0, 0.05) is 6.42 Å². The zero-order chi connectivity index (χ0) is 18.4. The summed E-state index contributed by atoms with van der Waals surface area (Å²) in [5.41, 5.74) is 1.27. The van der Waals surface area contributed by atoms with Crippen LogP contribution in [0.4, 0.5) is 9.18 Å². The zero-order valence-corrected chi connectivity index (χ0v) is 14.2. The van der Waals surface area contributed by atoms with E-state index in [0.29, 0.717) is 6.61 Å². The molecule has 0 bridgehead atoms. The second-order valence-electron chi connectivity index (χ2n) is 6.16.